The Morgan fingerprint density at radius 1 is 1.28 bits per heavy atom. The summed E-state index contributed by atoms with van der Waals surface area (Å²) in [4.78, 5) is 32.0. The summed E-state index contributed by atoms with van der Waals surface area (Å²) in [6.07, 6.45) is 6.90. The van der Waals surface area contributed by atoms with E-state index in [2.05, 4.69) is 18.1 Å². The number of likely N-dealkylation sites (tertiary alicyclic amines) is 1. The van der Waals surface area contributed by atoms with E-state index in [0.717, 1.165) is 17.7 Å². The summed E-state index contributed by atoms with van der Waals surface area (Å²) in [7, 11) is 1.93. The second-order valence-corrected chi connectivity index (χ2v) is 7.68. The minimum Gasteiger partial charge on any atom is -0.455 e. The predicted molar refractivity (Wildman–Crippen MR) is 124 cm³/mol. The van der Waals surface area contributed by atoms with Gasteiger partial charge in [-0.1, -0.05) is 43.5 Å². The maximum atomic E-state index is 12.0. The molecule has 1 aliphatic rings. The summed E-state index contributed by atoms with van der Waals surface area (Å²) in [5.41, 5.74) is 7.62. The topological polar surface area (TPSA) is 88.8 Å². The van der Waals surface area contributed by atoms with E-state index in [1.165, 1.54) is 12.3 Å². The minimum absolute atomic E-state index is 0.0418. The lowest BCUT2D eigenvalue weighted by atomic mass is 10.0. The van der Waals surface area contributed by atoms with Gasteiger partial charge in [0.05, 0.1) is 0 Å². The summed E-state index contributed by atoms with van der Waals surface area (Å²) in [5.74, 6) is 0.0966. The summed E-state index contributed by atoms with van der Waals surface area (Å²) in [5, 5.41) is 0. The number of hydrogen-bond acceptors (Lipinski definition) is 5. The molecule has 2 aromatic rings. The van der Waals surface area contributed by atoms with Crippen LogP contribution < -0.4 is 10.5 Å². The first-order valence-corrected chi connectivity index (χ1v) is 10.4. The zero-order valence-corrected chi connectivity index (χ0v) is 18.2. The largest absolute Gasteiger partial charge is 0.455 e. The lowest BCUT2D eigenvalue weighted by Crippen LogP contribution is -2.26. The number of pyridine rings is 1. The molecule has 1 saturated heterocycles. The number of carbonyl (C=O) groups excluding carboxylic acids is 2. The predicted octanol–water partition coefficient (Wildman–Crippen LogP) is 3.22. The van der Waals surface area contributed by atoms with E-state index in [9.17, 15) is 9.59 Å². The van der Waals surface area contributed by atoms with Gasteiger partial charge in [0.2, 0.25) is 5.91 Å². The number of nitrogens with two attached hydrogens (primary N) is 1. The molecular formula is C25H28N4O3. The lowest BCUT2D eigenvalue weighted by molar-refractivity contribution is -0.125. The molecule has 2 heterocycles. The molecule has 0 bridgehead atoms. The van der Waals surface area contributed by atoms with Crippen LogP contribution in [0.25, 0.3) is 0 Å². The van der Waals surface area contributed by atoms with Crippen LogP contribution in [0.3, 0.4) is 0 Å². The van der Waals surface area contributed by atoms with E-state index in [0.29, 0.717) is 31.1 Å². The van der Waals surface area contributed by atoms with Crippen molar-refractivity contribution in [1.29, 1.82) is 0 Å². The molecular weight excluding hydrogens is 404 g/mol. The number of amides is 2. The summed E-state index contributed by atoms with van der Waals surface area (Å²) in [6.45, 7) is 9.22. The lowest BCUT2D eigenvalue weighted by Gasteiger charge is -2.18. The van der Waals surface area contributed by atoms with Crippen molar-refractivity contribution in [3.8, 4) is 5.75 Å². The van der Waals surface area contributed by atoms with Crippen LogP contribution in [0.4, 0.5) is 0 Å². The molecule has 1 aliphatic heterocycles. The van der Waals surface area contributed by atoms with Crippen molar-refractivity contribution >= 4 is 11.8 Å². The highest BCUT2D eigenvalue weighted by Crippen LogP contribution is 2.30. The quantitative estimate of drug-likeness (QED) is 0.373. The van der Waals surface area contributed by atoms with Crippen LogP contribution in [0, 0.1) is 0 Å². The van der Waals surface area contributed by atoms with Crippen molar-refractivity contribution < 1.29 is 14.3 Å². The van der Waals surface area contributed by atoms with Crippen molar-refractivity contribution in [2.24, 2.45) is 5.73 Å². The van der Waals surface area contributed by atoms with Crippen molar-refractivity contribution in [3.05, 3.63) is 96.7 Å². The highest BCUT2D eigenvalue weighted by atomic mass is 16.5. The van der Waals surface area contributed by atoms with Gasteiger partial charge in [-0.3, -0.25) is 14.6 Å². The molecule has 1 aromatic heterocycles. The second-order valence-electron chi connectivity index (χ2n) is 7.68. The number of nitrogens with zero attached hydrogens (tertiary/aromatic N) is 3. The van der Waals surface area contributed by atoms with E-state index in [1.807, 2.05) is 48.5 Å². The van der Waals surface area contributed by atoms with Gasteiger partial charge in [0.1, 0.15) is 17.1 Å². The molecule has 32 heavy (non-hydrogen) atoms. The summed E-state index contributed by atoms with van der Waals surface area (Å²) >= 11 is 0. The second kappa shape index (κ2) is 10.4. The van der Waals surface area contributed by atoms with E-state index in [1.54, 1.807) is 17.0 Å². The van der Waals surface area contributed by atoms with Gasteiger partial charge in [-0.15, -0.1) is 0 Å². The van der Waals surface area contributed by atoms with E-state index in [4.69, 9.17) is 10.5 Å². The zero-order valence-electron chi connectivity index (χ0n) is 18.2. The molecule has 7 heteroatoms. The summed E-state index contributed by atoms with van der Waals surface area (Å²) < 4.78 is 6.02. The molecule has 1 aromatic carbocycles. The molecule has 166 valence electrons. The van der Waals surface area contributed by atoms with Gasteiger partial charge in [0, 0.05) is 56.8 Å². The molecule has 2 amide bonds. The first-order valence-electron chi connectivity index (χ1n) is 10.4. The van der Waals surface area contributed by atoms with Crippen LogP contribution in [0.15, 0.2) is 79.9 Å². The van der Waals surface area contributed by atoms with E-state index in [-0.39, 0.29) is 17.4 Å². The molecule has 2 N–H and O–H groups in total. The Bertz CT molecular complexity index is 1030. The highest BCUT2D eigenvalue weighted by Gasteiger charge is 2.28. The van der Waals surface area contributed by atoms with Crippen molar-refractivity contribution in [2.75, 3.05) is 20.1 Å². The molecule has 7 nitrogen and oxygen atoms in total. The first kappa shape index (κ1) is 22.8. The van der Waals surface area contributed by atoms with Crippen molar-refractivity contribution in [3.63, 3.8) is 0 Å². The minimum atomic E-state index is -0.630. The van der Waals surface area contributed by atoms with Crippen LogP contribution in [0.5, 0.6) is 5.75 Å². The van der Waals surface area contributed by atoms with Crippen LogP contribution in [-0.2, 0) is 11.3 Å². The highest BCUT2D eigenvalue weighted by molar-refractivity contribution is 5.95. The van der Waals surface area contributed by atoms with Gasteiger partial charge in [-0.25, -0.2) is 0 Å². The molecule has 0 spiro atoms. The smallest absolute Gasteiger partial charge is 0.254 e. The Hall–Kier alpha value is -3.87. The SMILES string of the molecule is C=CC(=O)N1CCC(c2cc(O/C(C=C)=C/N(C)Cc3ccccc3)c(C(N)=O)cn2)C1. The third kappa shape index (κ3) is 5.63. The van der Waals surface area contributed by atoms with Gasteiger partial charge >= 0.3 is 0 Å². The number of hydrogen-bond donors (Lipinski definition) is 1. The normalized spacial score (nSPS) is 15.8. The monoisotopic (exact) mass is 432 g/mol. The van der Waals surface area contributed by atoms with Gasteiger partial charge in [0.15, 0.2) is 0 Å². The Labute approximate surface area is 188 Å². The van der Waals surface area contributed by atoms with Gasteiger partial charge in [-0.2, -0.15) is 0 Å². The van der Waals surface area contributed by atoms with Crippen LogP contribution in [0.1, 0.15) is 34.0 Å². The molecule has 1 atom stereocenters. The fraction of sp³-hybridized carbons (Fsp3) is 0.240. The van der Waals surface area contributed by atoms with Crippen LogP contribution >= 0.6 is 0 Å². The van der Waals surface area contributed by atoms with Gasteiger partial charge in [0.25, 0.3) is 5.91 Å². The Kier molecular flexibility index (Phi) is 7.44. The Balaban J connectivity index is 1.80. The summed E-state index contributed by atoms with van der Waals surface area (Å²) in [6, 6.07) is 11.8. The number of primary amides is 1. The van der Waals surface area contributed by atoms with E-state index < -0.39 is 5.91 Å². The standard InChI is InChI=1S/C25H28N4O3/c1-4-20(17-28(3)15-18-9-7-6-8-10-18)32-23-13-22(27-14-21(23)25(26)31)19-11-12-29(16-19)24(30)5-2/h4-10,13-14,17,19H,1-2,11-12,15-16H2,3H3,(H2,26,31)/b20-17+. The average molecular weight is 433 g/mol. The number of carbonyl (C=O) groups is 2. The molecule has 1 fully saturated rings. The third-order valence-corrected chi connectivity index (χ3v) is 5.30. The van der Waals surface area contributed by atoms with Gasteiger partial charge in [-0.05, 0) is 24.1 Å². The van der Waals surface area contributed by atoms with Gasteiger partial charge < -0.3 is 20.3 Å². The molecule has 0 aliphatic carbocycles. The molecule has 1 unspecified atom stereocenters. The third-order valence-electron chi connectivity index (χ3n) is 5.30. The van der Waals surface area contributed by atoms with E-state index >= 15 is 0 Å². The number of allylic oxidation sites excluding steroid dienone is 1. The number of aromatic nitrogens is 1. The average Bonchev–Trinajstić information content (AvgIpc) is 3.29. The molecule has 0 radical (unpaired) electrons. The maximum absolute atomic E-state index is 12.0. The number of benzene rings is 1. The fourth-order valence-corrected chi connectivity index (χ4v) is 3.66. The Morgan fingerprint density at radius 2 is 2.03 bits per heavy atom. The first-order chi connectivity index (χ1) is 15.4. The van der Waals surface area contributed by atoms with Crippen LogP contribution in [0.2, 0.25) is 0 Å². The van der Waals surface area contributed by atoms with Crippen molar-refractivity contribution in [1.82, 2.24) is 14.8 Å². The molecule has 3 rings (SSSR count). The zero-order chi connectivity index (χ0) is 23.1. The number of rotatable bonds is 9. The fourth-order valence-electron chi connectivity index (χ4n) is 3.66. The van der Waals surface area contributed by atoms with Crippen LogP contribution in [-0.4, -0.2) is 46.7 Å². The maximum Gasteiger partial charge on any atom is 0.254 e. The molecule has 0 saturated carbocycles. The number of ether oxygens (including phenoxy) is 1. The van der Waals surface area contributed by atoms with Crippen molar-refractivity contribution in [2.45, 2.75) is 18.9 Å². The Morgan fingerprint density at radius 3 is 2.69 bits per heavy atom.